The van der Waals surface area contributed by atoms with E-state index >= 15 is 0 Å². The number of aromatic nitrogens is 1. The Morgan fingerprint density at radius 1 is 1.43 bits per heavy atom. The molecule has 110 valence electrons. The van der Waals surface area contributed by atoms with E-state index in [1.165, 1.54) is 19.3 Å². The number of piperidine rings is 1. The summed E-state index contributed by atoms with van der Waals surface area (Å²) >= 11 is 0. The Morgan fingerprint density at radius 2 is 2.24 bits per heavy atom. The number of pyridine rings is 1. The zero-order valence-electron chi connectivity index (χ0n) is 12.5. The van der Waals surface area contributed by atoms with Gasteiger partial charge in [0.25, 0.3) is 0 Å². The number of amidine groups is 1. The molecule has 0 spiro atoms. The lowest BCUT2D eigenvalue weighted by atomic mass is 9.94. The summed E-state index contributed by atoms with van der Waals surface area (Å²) in [5.74, 6) is 0.826. The first-order chi connectivity index (χ1) is 10.2. The Hall–Kier alpha value is -2.10. The number of nitrogen functional groups attached to an aromatic ring is 1. The summed E-state index contributed by atoms with van der Waals surface area (Å²) in [5.41, 5.74) is 8.61. The molecule has 0 aliphatic carbocycles. The van der Waals surface area contributed by atoms with Gasteiger partial charge in [0.05, 0.1) is 16.8 Å². The lowest BCUT2D eigenvalue weighted by Crippen LogP contribution is -2.36. The number of fused-ring (bicyclic) bond motifs is 1. The van der Waals surface area contributed by atoms with Crippen molar-refractivity contribution < 1.29 is 0 Å². The van der Waals surface area contributed by atoms with Crippen LogP contribution < -0.4 is 10.6 Å². The Balaban J connectivity index is 2.14. The molecule has 1 unspecified atom stereocenters. The van der Waals surface area contributed by atoms with Gasteiger partial charge in [0.15, 0.2) is 0 Å². The smallest absolute Gasteiger partial charge is 0.126 e. The Morgan fingerprint density at radius 3 is 3.00 bits per heavy atom. The fraction of sp³-hybridized carbons (Fsp3) is 0.412. The third-order valence-electron chi connectivity index (χ3n) is 4.45. The molecule has 1 saturated heterocycles. The first-order valence-corrected chi connectivity index (χ1v) is 7.67. The minimum Gasteiger partial charge on any atom is -0.384 e. The Bertz CT molecular complexity index is 665. The lowest BCUT2D eigenvalue weighted by Gasteiger charge is -2.35. The molecule has 1 aromatic carbocycles. The Kier molecular flexibility index (Phi) is 3.78. The summed E-state index contributed by atoms with van der Waals surface area (Å²) in [6, 6.07) is 8.12. The fourth-order valence-corrected chi connectivity index (χ4v) is 3.27. The molecular formula is C17H22N4. The van der Waals surface area contributed by atoms with Gasteiger partial charge in [0.1, 0.15) is 5.84 Å². The summed E-state index contributed by atoms with van der Waals surface area (Å²) in [5, 5.41) is 8.98. The molecule has 21 heavy (non-hydrogen) atoms. The van der Waals surface area contributed by atoms with Crippen LogP contribution in [0.15, 0.2) is 30.5 Å². The number of nitrogens with zero attached hydrogens (tertiary/aromatic N) is 2. The van der Waals surface area contributed by atoms with Gasteiger partial charge >= 0.3 is 0 Å². The van der Waals surface area contributed by atoms with E-state index in [-0.39, 0.29) is 5.84 Å². The first-order valence-electron chi connectivity index (χ1n) is 7.67. The number of nitrogens with two attached hydrogens (primary N) is 1. The maximum atomic E-state index is 7.88. The van der Waals surface area contributed by atoms with Crippen LogP contribution in [0, 0.1) is 11.3 Å². The van der Waals surface area contributed by atoms with Crippen LogP contribution in [0.3, 0.4) is 0 Å². The molecule has 0 amide bonds. The van der Waals surface area contributed by atoms with Crippen LogP contribution in [-0.2, 0) is 0 Å². The number of hydrogen-bond acceptors (Lipinski definition) is 3. The number of para-hydroxylation sites is 1. The molecule has 0 bridgehead atoms. The molecule has 1 aliphatic heterocycles. The summed E-state index contributed by atoms with van der Waals surface area (Å²) < 4.78 is 0. The van der Waals surface area contributed by atoms with Crippen molar-refractivity contribution in [3.05, 3.63) is 36.0 Å². The van der Waals surface area contributed by atoms with Crippen molar-refractivity contribution in [3.8, 4) is 0 Å². The largest absolute Gasteiger partial charge is 0.384 e. The highest BCUT2D eigenvalue weighted by molar-refractivity contribution is 6.07. The number of hydrogen-bond donors (Lipinski definition) is 2. The van der Waals surface area contributed by atoms with Crippen molar-refractivity contribution in [2.75, 3.05) is 18.0 Å². The minimum absolute atomic E-state index is 0.0990. The number of rotatable bonds is 3. The van der Waals surface area contributed by atoms with Crippen molar-refractivity contribution in [2.24, 2.45) is 11.7 Å². The first kappa shape index (κ1) is 13.9. The number of nitrogens with one attached hydrogen (secondary N) is 1. The molecule has 3 N–H and O–H groups in total. The van der Waals surface area contributed by atoms with Crippen molar-refractivity contribution in [2.45, 2.75) is 26.2 Å². The molecule has 4 nitrogen and oxygen atoms in total. The molecule has 1 atom stereocenters. The average molecular weight is 282 g/mol. The maximum Gasteiger partial charge on any atom is 0.126 e. The Labute approximate surface area is 125 Å². The van der Waals surface area contributed by atoms with E-state index in [9.17, 15) is 0 Å². The van der Waals surface area contributed by atoms with E-state index in [0.29, 0.717) is 0 Å². The zero-order chi connectivity index (χ0) is 14.8. The van der Waals surface area contributed by atoms with Gasteiger partial charge in [-0.1, -0.05) is 31.5 Å². The summed E-state index contributed by atoms with van der Waals surface area (Å²) in [4.78, 5) is 6.85. The van der Waals surface area contributed by atoms with Gasteiger partial charge in [0, 0.05) is 24.7 Å². The standard InChI is InChI=1S/C17H22N4/c1-2-12-6-5-9-21(11-12)16-13-7-3-4-8-15(13)20-10-14(16)17(18)19/h3-4,7-8,10,12H,2,5-6,9,11H2,1H3,(H3,18,19). The van der Waals surface area contributed by atoms with Crippen LogP contribution in [0.1, 0.15) is 31.7 Å². The normalized spacial score (nSPS) is 18.9. The van der Waals surface area contributed by atoms with Crippen molar-refractivity contribution in [1.82, 2.24) is 4.98 Å². The average Bonchev–Trinajstić information content (AvgIpc) is 2.53. The SMILES string of the molecule is CCC1CCCN(c2c(C(=N)N)cnc3ccccc23)C1. The van der Waals surface area contributed by atoms with Gasteiger partial charge in [-0.25, -0.2) is 0 Å². The molecule has 4 heteroatoms. The number of anilines is 1. The van der Waals surface area contributed by atoms with Crippen LogP contribution in [0.25, 0.3) is 10.9 Å². The second kappa shape index (κ2) is 5.72. The second-order valence-corrected chi connectivity index (χ2v) is 5.81. The van der Waals surface area contributed by atoms with Gasteiger partial charge in [-0.15, -0.1) is 0 Å². The highest BCUT2D eigenvalue weighted by atomic mass is 15.1. The van der Waals surface area contributed by atoms with Crippen LogP contribution in [0.4, 0.5) is 5.69 Å². The molecule has 0 radical (unpaired) electrons. The monoisotopic (exact) mass is 282 g/mol. The maximum absolute atomic E-state index is 7.88. The second-order valence-electron chi connectivity index (χ2n) is 5.81. The highest BCUT2D eigenvalue weighted by Crippen LogP contribution is 2.33. The van der Waals surface area contributed by atoms with E-state index in [4.69, 9.17) is 11.1 Å². The van der Waals surface area contributed by atoms with E-state index in [0.717, 1.165) is 41.2 Å². The van der Waals surface area contributed by atoms with Crippen LogP contribution in [0.5, 0.6) is 0 Å². The molecule has 1 fully saturated rings. The van der Waals surface area contributed by atoms with E-state index in [1.54, 1.807) is 6.20 Å². The van der Waals surface area contributed by atoms with Crippen LogP contribution in [-0.4, -0.2) is 23.9 Å². The van der Waals surface area contributed by atoms with Crippen molar-refractivity contribution in [3.63, 3.8) is 0 Å². The highest BCUT2D eigenvalue weighted by Gasteiger charge is 2.23. The lowest BCUT2D eigenvalue weighted by molar-refractivity contribution is 0.405. The third-order valence-corrected chi connectivity index (χ3v) is 4.45. The molecule has 0 saturated carbocycles. The van der Waals surface area contributed by atoms with E-state index < -0.39 is 0 Å². The van der Waals surface area contributed by atoms with Gasteiger partial charge in [-0.2, -0.15) is 0 Å². The molecule has 2 heterocycles. The fourth-order valence-electron chi connectivity index (χ4n) is 3.27. The van der Waals surface area contributed by atoms with Gasteiger partial charge < -0.3 is 10.6 Å². The van der Waals surface area contributed by atoms with Gasteiger partial charge in [-0.3, -0.25) is 10.4 Å². The topological polar surface area (TPSA) is 66.0 Å². The predicted octanol–water partition coefficient (Wildman–Crippen LogP) is 3.15. The van der Waals surface area contributed by atoms with Crippen LogP contribution >= 0.6 is 0 Å². The third kappa shape index (κ3) is 2.58. The summed E-state index contributed by atoms with van der Waals surface area (Å²) in [7, 11) is 0. The van der Waals surface area contributed by atoms with Crippen LogP contribution in [0.2, 0.25) is 0 Å². The molecule has 3 rings (SSSR count). The number of benzene rings is 1. The van der Waals surface area contributed by atoms with E-state index in [1.807, 2.05) is 18.2 Å². The predicted molar refractivity (Wildman–Crippen MR) is 88.0 cm³/mol. The van der Waals surface area contributed by atoms with Gasteiger partial charge in [0.2, 0.25) is 0 Å². The zero-order valence-corrected chi connectivity index (χ0v) is 12.5. The minimum atomic E-state index is 0.0990. The van der Waals surface area contributed by atoms with Crippen molar-refractivity contribution in [1.29, 1.82) is 5.41 Å². The molecule has 2 aromatic rings. The van der Waals surface area contributed by atoms with E-state index in [2.05, 4.69) is 22.9 Å². The summed E-state index contributed by atoms with van der Waals surface area (Å²) in [6.07, 6.45) is 5.45. The van der Waals surface area contributed by atoms with Crippen molar-refractivity contribution >= 4 is 22.4 Å². The molecule has 1 aliphatic rings. The summed E-state index contributed by atoms with van der Waals surface area (Å²) in [6.45, 7) is 4.33. The quantitative estimate of drug-likeness (QED) is 0.671. The molecular weight excluding hydrogens is 260 g/mol. The molecule has 1 aromatic heterocycles. The van der Waals surface area contributed by atoms with Gasteiger partial charge in [-0.05, 0) is 24.8 Å².